The summed E-state index contributed by atoms with van der Waals surface area (Å²) in [6, 6.07) is 17.6. The lowest BCUT2D eigenvalue weighted by Gasteiger charge is -2.30. The van der Waals surface area contributed by atoms with Gasteiger partial charge in [0.05, 0.1) is 0 Å². The second-order valence-electron chi connectivity index (χ2n) is 6.50. The number of halogens is 1. The minimum atomic E-state index is -0.338. The minimum absolute atomic E-state index is 0.214. The van der Waals surface area contributed by atoms with Crippen LogP contribution in [0.25, 0.3) is 0 Å². The van der Waals surface area contributed by atoms with Crippen molar-refractivity contribution in [1.29, 1.82) is 0 Å². The molecular weight excluding hydrogens is 406 g/mol. The molecule has 0 radical (unpaired) electrons. The number of hydrogen-bond acceptors (Lipinski definition) is 3. The molecule has 1 aliphatic heterocycles. The first kappa shape index (κ1) is 17.5. The van der Waals surface area contributed by atoms with Gasteiger partial charge in [0.1, 0.15) is 5.69 Å². The molecule has 1 amide bonds. The predicted octanol–water partition coefficient (Wildman–Crippen LogP) is 3.95. The molecule has 2 heterocycles. The number of nitrogens with zero attached hydrogens (tertiary/aromatic N) is 1. The first-order valence-electron chi connectivity index (χ1n) is 8.71. The lowest BCUT2D eigenvalue weighted by molar-refractivity contribution is 0.102. The number of carbonyl (C=O) groups is 1. The van der Waals surface area contributed by atoms with Gasteiger partial charge < -0.3 is 15.2 Å². The first-order chi connectivity index (χ1) is 13.1. The summed E-state index contributed by atoms with van der Waals surface area (Å²) in [5.74, 6) is -0.311. The molecule has 0 unspecified atom stereocenters. The van der Waals surface area contributed by atoms with Gasteiger partial charge in [-0.15, -0.1) is 0 Å². The molecule has 0 fully saturated rings. The van der Waals surface area contributed by atoms with Gasteiger partial charge in [0.25, 0.3) is 11.5 Å². The van der Waals surface area contributed by atoms with Crippen molar-refractivity contribution >= 4 is 33.2 Å². The van der Waals surface area contributed by atoms with Crippen LogP contribution >= 0.6 is 15.9 Å². The van der Waals surface area contributed by atoms with Crippen LogP contribution in [0.1, 0.15) is 21.5 Å². The molecule has 0 aliphatic carbocycles. The highest BCUT2D eigenvalue weighted by Gasteiger charge is 2.16. The second-order valence-corrected chi connectivity index (χ2v) is 7.42. The first-order valence-corrected chi connectivity index (χ1v) is 9.51. The number of pyridine rings is 1. The Bertz CT molecular complexity index is 1040. The molecule has 0 atom stereocenters. The lowest BCUT2D eigenvalue weighted by Crippen LogP contribution is -2.30. The van der Waals surface area contributed by atoms with E-state index in [1.807, 2.05) is 12.1 Å². The highest BCUT2D eigenvalue weighted by Crippen LogP contribution is 2.24. The average molecular weight is 424 g/mol. The third-order valence-corrected chi connectivity index (χ3v) is 5.20. The van der Waals surface area contributed by atoms with E-state index in [4.69, 9.17) is 0 Å². The number of aromatic amines is 1. The Morgan fingerprint density at radius 3 is 2.59 bits per heavy atom. The Balaban J connectivity index is 1.48. The van der Waals surface area contributed by atoms with Crippen molar-refractivity contribution in [2.45, 2.75) is 13.0 Å². The van der Waals surface area contributed by atoms with Gasteiger partial charge in [-0.05, 0) is 63.8 Å². The maximum atomic E-state index is 12.4. The Hall–Kier alpha value is -2.86. The smallest absolute Gasteiger partial charge is 0.271 e. The molecule has 3 aromatic rings. The highest BCUT2D eigenvalue weighted by molar-refractivity contribution is 9.10. The van der Waals surface area contributed by atoms with E-state index < -0.39 is 0 Å². The topological polar surface area (TPSA) is 65.2 Å². The van der Waals surface area contributed by atoms with Crippen molar-refractivity contribution in [3.05, 3.63) is 92.3 Å². The third kappa shape index (κ3) is 3.80. The molecule has 27 heavy (non-hydrogen) atoms. The largest absolute Gasteiger partial charge is 0.367 e. The fraction of sp³-hybridized carbons (Fsp3) is 0.143. The maximum Gasteiger partial charge on any atom is 0.271 e. The van der Waals surface area contributed by atoms with E-state index in [2.05, 4.69) is 55.4 Å². The van der Waals surface area contributed by atoms with Crippen molar-refractivity contribution in [1.82, 2.24) is 4.98 Å². The van der Waals surface area contributed by atoms with E-state index in [0.29, 0.717) is 10.0 Å². The zero-order valence-corrected chi connectivity index (χ0v) is 16.1. The van der Waals surface area contributed by atoms with Gasteiger partial charge in [-0.1, -0.05) is 24.3 Å². The molecule has 0 bridgehead atoms. The Labute approximate surface area is 165 Å². The fourth-order valence-corrected chi connectivity index (χ4v) is 3.63. The normalized spacial score (nSPS) is 13.1. The maximum absolute atomic E-state index is 12.4. The standard InChI is InChI=1S/C21H18BrN3O2/c22-17-11-19(21(27)23-12-17)24-20(26)15-5-7-18(8-6-15)25-10-9-14-3-1-2-4-16(14)13-25/h1-8,11-12H,9-10,13H2,(H,23,27)(H,24,26). The number of carbonyl (C=O) groups excluding carboxylic acids is 1. The number of hydrogen-bond donors (Lipinski definition) is 2. The summed E-state index contributed by atoms with van der Waals surface area (Å²) in [7, 11) is 0. The van der Waals surface area contributed by atoms with Gasteiger partial charge in [-0.3, -0.25) is 9.59 Å². The lowest BCUT2D eigenvalue weighted by atomic mass is 9.99. The summed E-state index contributed by atoms with van der Waals surface area (Å²) in [5, 5.41) is 2.65. The van der Waals surface area contributed by atoms with Gasteiger partial charge >= 0.3 is 0 Å². The monoisotopic (exact) mass is 423 g/mol. The number of nitrogens with one attached hydrogen (secondary N) is 2. The van der Waals surface area contributed by atoms with Crippen LogP contribution in [0.3, 0.4) is 0 Å². The minimum Gasteiger partial charge on any atom is -0.367 e. The molecule has 0 saturated carbocycles. The molecule has 2 aromatic carbocycles. The highest BCUT2D eigenvalue weighted by atomic mass is 79.9. The van der Waals surface area contributed by atoms with E-state index in [1.165, 1.54) is 17.3 Å². The van der Waals surface area contributed by atoms with Gasteiger partial charge in [-0.2, -0.15) is 0 Å². The molecule has 6 heteroatoms. The molecule has 5 nitrogen and oxygen atoms in total. The van der Waals surface area contributed by atoms with E-state index in [9.17, 15) is 9.59 Å². The number of rotatable bonds is 3. The van der Waals surface area contributed by atoms with Crippen molar-refractivity contribution in [3.63, 3.8) is 0 Å². The number of anilines is 2. The number of amides is 1. The Morgan fingerprint density at radius 1 is 1.07 bits per heavy atom. The van der Waals surface area contributed by atoms with Crippen molar-refractivity contribution in [3.8, 4) is 0 Å². The quantitative estimate of drug-likeness (QED) is 0.669. The zero-order chi connectivity index (χ0) is 18.8. The summed E-state index contributed by atoms with van der Waals surface area (Å²) in [6.45, 7) is 1.82. The van der Waals surface area contributed by atoms with Crippen LogP contribution in [-0.4, -0.2) is 17.4 Å². The summed E-state index contributed by atoms with van der Waals surface area (Å²) in [4.78, 5) is 29.1. The van der Waals surface area contributed by atoms with Gasteiger partial charge in [0.2, 0.25) is 0 Å². The van der Waals surface area contributed by atoms with Gasteiger partial charge in [0, 0.05) is 35.0 Å². The van der Waals surface area contributed by atoms with Crippen LogP contribution < -0.4 is 15.8 Å². The molecule has 2 N–H and O–H groups in total. The molecule has 0 spiro atoms. The number of fused-ring (bicyclic) bond motifs is 1. The van der Waals surface area contributed by atoms with Crippen LogP contribution in [0, 0.1) is 0 Å². The van der Waals surface area contributed by atoms with Crippen molar-refractivity contribution in [2.75, 3.05) is 16.8 Å². The molecule has 0 saturated heterocycles. The van der Waals surface area contributed by atoms with Crippen LogP contribution in [0.15, 0.2) is 70.1 Å². The summed E-state index contributed by atoms with van der Waals surface area (Å²) >= 11 is 3.28. The van der Waals surface area contributed by atoms with Crippen LogP contribution in [0.2, 0.25) is 0 Å². The second kappa shape index (κ2) is 7.40. The molecule has 1 aliphatic rings. The van der Waals surface area contributed by atoms with Crippen LogP contribution in [0.5, 0.6) is 0 Å². The molecule has 1 aromatic heterocycles. The SMILES string of the molecule is O=C(Nc1cc(Br)c[nH]c1=O)c1ccc(N2CCc3ccccc3C2)cc1. The van der Waals surface area contributed by atoms with Crippen LogP contribution in [-0.2, 0) is 13.0 Å². The van der Waals surface area contributed by atoms with Gasteiger partial charge in [0.15, 0.2) is 0 Å². The van der Waals surface area contributed by atoms with E-state index in [0.717, 1.165) is 25.2 Å². The van der Waals surface area contributed by atoms with Crippen LogP contribution in [0.4, 0.5) is 11.4 Å². The predicted molar refractivity (Wildman–Crippen MR) is 110 cm³/mol. The van der Waals surface area contributed by atoms with E-state index in [-0.39, 0.29) is 17.2 Å². The Kier molecular flexibility index (Phi) is 4.81. The van der Waals surface area contributed by atoms with E-state index >= 15 is 0 Å². The molecule has 136 valence electrons. The third-order valence-electron chi connectivity index (χ3n) is 4.74. The zero-order valence-electron chi connectivity index (χ0n) is 14.5. The number of H-pyrrole nitrogens is 1. The van der Waals surface area contributed by atoms with Crippen molar-refractivity contribution < 1.29 is 4.79 Å². The molecular formula is C21H18BrN3O2. The van der Waals surface area contributed by atoms with E-state index in [1.54, 1.807) is 18.2 Å². The molecule has 4 rings (SSSR count). The summed E-state index contributed by atoms with van der Waals surface area (Å²) in [5.41, 5.74) is 4.22. The number of benzene rings is 2. The summed E-state index contributed by atoms with van der Waals surface area (Å²) < 4.78 is 0.693. The summed E-state index contributed by atoms with van der Waals surface area (Å²) in [6.07, 6.45) is 2.55. The number of aromatic nitrogens is 1. The fourth-order valence-electron chi connectivity index (χ4n) is 3.28. The van der Waals surface area contributed by atoms with Crippen molar-refractivity contribution in [2.24, 2.45) is 0 Å². The average Bonchev–Trinajstić information content (AvgIpc) is 2.70. The van der Waals surface area contributed by atoms with Gasteiger partial charge in [-0.25, -0.2) is 0 Å². The Morgan fingerprint density at radius 2 is 1.81 bits per heavy atom.